The average molecular weight is 189 g/mol. The fourth-order valence-corrected chi connectivity index (χ4v) is 1.33. The van der Waals surface area contributed by atoms with Crippen molar-refractivity contribution in [3.63, 3.8) is 0 Å². The summed E-state index contributed by atoms with van der Waals surface area (Å²) in [5, 5.41) is 9.46. The molecule has 2 rings (SSSR count). The molecule has 0 atom stereocenters. The van der Waals surface area contributed by atoms with Crippen molar-refractivity contribution in [1.29, 1.82) is 0 Å². The highest BCUT2D eigenvalue weighted by atomic mass is 16.5. The number of nitrogens with zero attached hydrogens (tertiary/aromatic N) is 1. The van der Waals surface area contributed by atoms with Gasteiger partial charge in [0.15, 0.2) is 5.88 Å². The molecule has 0 radical (unpaired) electrons. The van der Waals surface area contributed by atoms with Crippen LogP contribution < -0.4 is 4.74 Å². The Balaban J connectivity index is 2.39. The van der Waals surface area contributed by atoms with E-state index in [0.29, 0.717) is 0 Å². The van der Waals surface area contributed by atoms with Gasteiger partial charge < -0.3 is 9.84 Å². The topological polar surface area (TPSA) is 34.4 Å². The number of aromatic hydroxyl groups is 1. The van der Waals surface area contributed by atoms with Gasteiger partial charge in [0, 0.05) is 18.0 Å². The van der Waals surface area contributed by atoms with E-state index in [1.54, 1.807) is 30.0 Å². The molecule has 0 spiro atoms. The molecule has 0 fully saturated rings. The third-order valence-corrected chi connectivity index (χ3v) is 2.08. The van der Waals surface area contributed by atoms with Crippen molar-refractivity contribution in [1.82, 2.24) is 4.57 Å². The van der Waals surface area contributed by atoms with Crippen LogP contribution in [0.3, 0.4) is 0 Å². The molecule has 72 valence electrons. The highest BCUT2D eigenvalue weighted by molar-refractivity contribution is 5.40. The first-order chi connectivity index (χ1) is 6.81. The fraction of sp³-hybridized carbons (Fsp3) is 0.0909. The first-order valence-electron chi connectivity index (χ1n) is 4.32. The second-order valence-corrected chi connectivity index (χ2v) is 2.93. The molecule has 0 unspecified atom stereocenters. The van der Waals surface area contributed by atoms with E-state index in [0.717, 1.165) is 11.4 Å². The van der Waals surface area contributed by atoms with Gasteiger partial charge in [-0.2, -0.15) is 0 Å². The number of ether oxygens (including phenoxy) is 1. The Bertz CT molecular complexity index is 417. The minimum Gasteiger partial charge on any atom is -0.497 e. The van der Waals surface area contributed by atoms with Gasteiger partial charge in [0.05, 0.1) is 7.11 Å². The van der Waals surface area contributed by atoms with Crippen LogP contribution in [0.2, 0.25) is 0 Å². The zero-order chi connectivity index (χ0) is 9.97. The molecule has 3 nitrogen and oxygen atoms in total. The molecular weight excluding hydrogens is 178 g/mol. The quantitative estimate of drug-likeness (QED) is 0.785. The average Bonchev–Trinajstić information content (AvgIpc) is 2.65. The standard InChI is InChI=1S/C11H11NO2/c1-14-10-6-4-9(5-7-10)12-8-2-3-11(12)13/h2-8,13H,1H3. The van der Waals surface area contributed by atoms with Gasteiger partial charge in [0.1, 0.15) is 5.75 Å². The molecule has 3 heteroatoms. The Morgan fingerprint density at radius 2 is 1.86 bits per heavy atom. The monoisotopic (exact) mass is 189 g/mol. The summed E-state index contributed by atoms with van der Waals surface area (Å²) in [7, 11) is 1.63. The molecular formula is C11H11NO2. The van der Waals surface area contributed by atoms with Crippen LogP contribution in [0.15, 0.2) is 42.6 Å². The van der Waals surface area contributed by atoms with E-state index < -0.39 is 0 Å². The fourth-order valence-electron chi connectivity index (χ4n) is 1.33. The molecule has 1 heterocycles. The molecule has 0 aliphatic heterocycles. The molecule has 1 aromatic carbocycles. The Hall–Kier alpha value is -1.90. The number of hydrogen-bond acceptors (Lipinski definition) is 2. The number of methoxy groups -OCH3 is 1. The minimum absolute atomic E-state index is 0.232. The first kappa shape index (κ1) is 8.69. The number of rotatable bonds is 2. The van der Waals surface area contributed by atoms with E-state index in [2.05, 4.69) is 0 Å². The van der Waals surface area contributed by atoms with Crippen LogP contribution in [0.5, 0.6) is 11.6 Å². The van der Waals surface area contributed by atoms with E-state index in [1.807, 2.05) is 24.3 Å². The molecule has 0 saturated carbocycles. The lowest BCUT2D eigenvalue weighted by Crippen LogP contribution is -1.90. The van der Waals surface area contributed by atoms with Crippen LogP contribution in [0, 0.1) is 0 Å². The molecule has 1 N–H and O–H groups in total. The lowest BCUT2D eigenvalue weighted by Gasteiger charge is -2.05. The third-order valence-electron chi connectivity index (χ3n) is 2.08. The summed E-state index contributed by atoms with van der Waals surface area (Å²) < 4.78 is 6.74. The summed E-state index contributed by atoms with van der Waals surface area (Å²) in [6.07, 6.45) is 1.80. The lowest BCUT2D eigenvalue weighted by molar-refractivity contribution is 0.414. The van der Waals surface area contributed by atoms with Gasteiger partial charge in [-0.1, -0.05) is 0 Å². The molecule has 0 aliphatic rings. The lowest BCUT2D eigenvalue weighted by atomic mass is 10.3. The Morgan fingerprint density at radius 1 is 1.14 bits per heavy atom. The van der Waals surface area contributed by atoms with Crippen LogP contribution in [-0.4, -0.2) is 16.8 Å². The predicted octanol–water partition coefficient (Wildman–Crippen LogP) is 2.19. The normalized spacial score (nSPS) is 10.1. The summed E-state index contributed by atoms with van der Waals surface area (Å²) in [5.74, 6) is 1.04. The van der Waals surface area contributed by atoms with Crippen LogP contribution in [0.25, 0.3) is 5.69 Å². The first-order valence-corrected chi connectivity index (χ1v) is 4.32. The van der Waals surface area contributed by atoms with Crippen LogP contribution in [0.1, 0.15) is 0 Å². The van der Waals surface area contributed by atoms with Crippen molar-refractivity contribution in [3.05, 3.63) is 42.6 Å². The van der Waals surface area contributed by atoms with Gasteiger partial charge >= 0.3 is 0 Å². The van der Waals surface area contributed by atoms with Crippen molar-refractivity contribution < 1.29 is 9.84 Å². The van der Waals surface area contributed by atoms with E-state index in [9.17, 15) is 5.11 Å². The zero-order valence-corrected chi connectivity index (χ0v) is 7.84. The second kappa shape index (κ2) is 3.46. The molecule has 0 bridgehead atoms. The smallest absolute Gasteiger partial charge is 0.195 e. The van der Waals surface area contributed by atoms with E-state index in [4.69, 9.17) is 4.74 Å². The number of aromatic nitrogens is 1. The van der Waals surface area contributed by atoms with Gasteiger partial charge in [-0.25, -0.2) is 0 Å². The molecule has 2 aromatic rings. The molecule has 0 aliphatic carbocycles. The second-order valence-electron chi connectivity index (χ2n) is 2.93. The van der Waals surface area contributed by atoms with Gasteiger partial charge in [0.2, 0.25) is 0 Å². The van der Waals surface area contributed by atoms with Gasteiger partial charge in [-0.15, -0.1) is 0 Å². The predicted molar refractivity (Wildman–Crippen MR) is 54.0 cm³/mol. The third kappa shape index (κ3) is 1.44. The summed E-state index contributed by atoms with van der Waals surface area (Å²) in [5.41, 5.74) is 0.910. The minimum atomic E-state index is 0.232. The maximum absolute atomic E-state index is 9.46. The van der Waals surface area contributed by atoms with E-state index in [1.165, 1.54) is 0 Å². The highest BCUT2D eigenvalue weighted by Gasteiger charge is 2.00. The van der Waals surface area contributed by atoms with Crippen LogP contribution >= 0.6 is 0 Å². The zero-order valence-electron chi connectivity index (χ0n) is 7.84. The Labute approximate surface area is 82.2 Å². The largest absolute Gasteiger partial charge is 0.497 e. The molecule has 0 saturated heterocycles. The van der Waals surface area contributed by atoms with E-state index >= 15 is 0 Å². The molecule has 1 aromatic heterocycles. The van der Waals surface area contributed by atoms with Gasteiger partial charge in [-0.3, -0.25) is 4.57 Å². The van der Waals surface area contributed by atoms with Crippen molar-refractivity contribution in [2.24, 2.45) is 0 Å². The Morgan fingerprint density at radius 3 is 2.36 bits per heavy atom. The maximum atomic E-state index is 9.46. The van der Waals surface area contributed by atoms with Crippen molar-refractivity contribution in [2.45, 2.75) is 0 Å². The van der Waals surface area contributed by atoms with Crippen LogP contribution in [-0.2, 0) is 0 Å². The summed E-state index contributed by atoms with van der Waals surface area (Å²) in [6.45, 7) is 0. The number of hydrogen-bond donors (Lipinski definition) is 1. The molecule has 14 heavy (non-hydrogen) atoms. The highest BCUT2D eigenvalue weighted by Crippen LogP contribution is 2.19. The van der Waals surface area contributed by atoms with Crippen molar-refractivity contribution in [2.75, 3.05) is 7.11 Å². The summed E-state index contributed by atoms with van der Waals surface area (Å²) in [6, 6.07) is 10.9. The van der Waals surface area contributed by atoms with Crippen LogP contribution in [0.4, 0.5) is 0 Å². The number of benzene rings is 1. The van der Waals surface area contributed by atoms with Gasteiger partial charge in [-0.05, 0) is 30.3 Å². The van der Waals surface area contributed by atoms with Gasteiger partial charge in [0.25, 0.3) is 0 Å². The SMILES string of the molecule is COc1ccc(-n2cccc2O)cc1. The van der Waals surface area contributed by atoms with E-state index in [-0.39, 0.29) is 5.88 Å². The summed E-state index contributed by atoms with van der Waals surface area (Å²) >= 11 is 0. The van der Waals surface area contributed by atoms with Crippen molar-refractivity contribution in [3.8, 4) is 17.3 Å². The summed E-state index contributed by atoms with van der Waals surface area (Å²) in [4.78, 5) is 0. The molecule has 0 amide bonds. The maximum Gasteiger partial charge on any atom is 0.195 e. The van der Waals surface area contributed by atoms with Crippen molar-refractivity contribution >= 4 is 0 Å². The Kier molecular flexibility index (Phi) is 2.14.